The van der Waals surface area contributed by atoms with Crippen molar-refractivity contribution in [2.75, 3.05) is 25.1 Å². The van der Waals surface area contributed by atoms with Gasteiger partial charge in [-0.1, -0.05) is 0 Å². The van der Waals surface area contributed by atoms with Crippen molar-refractivity contribution in [3.05, 3.63) is 9.98 Å². The molecule has 1 unspecified atom stereocenters. The highest BCUT2D eigenvalue weighted by Crippen LogP contribution is 2.26. The summed E-state index contributed by atoms with van der Waals surface area (Å²) in [6.07, 6.45) is 2.72. The van der Waals surface area contributed by atoms with Crippen LogP contribution in [0.4, 0.5) is 5.13 Å². The molecule has 1 saturated heterocycles. The Bertz CT molecular complexity index is 305. The Morgan fingerprint density at radius 3 is 3.21 bits per heavy atom. The minimum atomic E-state index is 0.367. The van der Waals surface area contributed by atoms with Gasteiger partial charge < -0.3 is 9.64 Å². The van der Waals surface area contributed by atoms with Gasteiger partial charge in [0.2, 0.25) is 0 Å². The molecule has 2 heterocycles. The molecule has 1 atom stereocenters. The zero-order valence-electron chi connectivity index (χ0n) is 8.07. The van der Waals surface area contributed by atoms with Crippen LogP contribution >= 0.6 is 27.3 Å². The van der Waals surface area contributed by atoms with Crippen molar-refractivity contribution in [3.63, 3.8) is 0 Å². The average molecular weight is 277 g/mol. The SMILES string of the molecule is COC1CCCN(c2nc(Br)cs2)C1. The molecule has 0 amide bonds. The summed E-state index contributed by atoms with van der Waals surface area (Å²) in [6, 6.07) is 0. The van der Waals surface area contributed by atoms with Crippen LogP contribution in [0, 0.1) is 0 Å². The quantitative estimate of drug-likeness (QED) is 0.830. The summed E-state index contributed by atoms with van der Waals surface area (Å²) in [4.78, 5) is 6.71. The lowest BCUT2D eigenvalue weighted by Gasteiger charge is -2.31. The van der Waals surface area contributed by atoms with Gasteiger partial charge in [0.25, 0.3) is 0 Å². The minimum Gasteiger partial charge on any atom is -0.380 e. The first-order chi connectivity index (χ1) is 6.79. The fraction of sp³-hybridized carbons (Fsp3) is 0.667. The summed E-state index contributed by atoms with van der Waals surface area (Å²) >= 11 is 5.05. The largest absolute Gasteiger partial charge is 0.380 e. The standard InChI is InChI=1S/C9H13BrN2OS/c1-13-7-3-2-4-12(5-7)9-11-8(10)6-14-9/h6-7H,2-5H2,1H3. The number of rotatable bonds is 2. The zero-order valence-corrected chi connectivity index (χ0v) is 10.5. The number of methoxy groups -OCH3 is 1. The smallest absolute Gasteiger partial charge is 0.186 e. The third-order valence-electron chi connectivity index (χ3n) is 2.45. The van der Waals surface area contributed by atoms with Crippen LogP contribution in [0.15, 0.2) is 9.98 Å². The summed E-state index contributed by atoms with van der Waals surface area (Å²) in [5.74, 6) is 0. The maximum absolute atomic E-state index is 5.37. The molecule has 0 saturated carbocycles. The van der Waals surface area contributed by atoms with E-state index >= 15 is 0 Å². The molecule has 0 N–H and O–H groups in total. The molecule has 1 aliphatic heterocycles. The Morgan fingerprint density at radius 1 is 1.71 bits per heavy atom. The van der Waals surface area contributed by atoms with E-state index < -0.39 is 0 Å². The van der Waals surface area contributed by atoms with Gasteiger partial charge in [0.05, 0.1) is 6.10 Å². The second kappa shape index (κ2) is 4.59. The summed E-state index contributed by atoms with van der Waals surface area (Å²) in [5, 5.41) is 3.12. The Hall–Kier alpha value is -0.130. The van der Waals surface area contributed by atoms with E-state index in [4.69, 9.17) is 4.74 Å². The molecular formula is C9H13BrN2OS. The van der Waals surface area contributed by atoms with Crippen molar-refractivity contribution in [2.24, 2.45) is 0 Å². The third kappa shape index (κ3) is 2.27. The van der Waals surface area contributed by atoms with Gasteiger partial charge in [-0.25, -0.2) is 4.98 Å². The van der Waals surface area contributed by atoms with E-state index in [1.54, 1.807) is 18.4 Å². The summed E-state index contributed by atoms with van der Waals surface area (Å²) in [5.41, 5.74) is 0. The van der Waals surface area contributed by atoms with Crippen molar-refractivity contribution in [1.29, 1.82) is 0 Å². The van der Waals surface area contributed by atoms with Crippen LogP contribution in [0.5, 0.6) is 0 Å². The predicted octanol–water partition coefficient (Wildman–Crippen LogP) is 2.52. The van der Waals surface area contributed by atoms with Crippen LogP contribution in [-0.4, -0.2) is 31.3 Å². The van der Waals surface area contributed by atoms with Gasteiger partial charge in [-0.05, 0) is 28.8 Å². The average Bonchev–Trinajstić information content (AvgIpc) is 2.65. The molecule has 1 aromatic rings. The van der Waals surface area contributed by atoms with Crippen molar-refractivity contribution in [2.45, 2.75) is 18.9 Å². The Balaban J connectivity index is 2.04. The first-order valence-electron chi connectivity index (χ1n) is 4.68. The fourth-order valence-corrected chi connectivity index (χ4v) is 2.98. The predicted molar refractivity (Wildman–Crippen MR) is 62.1 cm³/mol. The normalized spacial score (nSPS) is 22.7. The van der Waals surface area contributed by atoms with E-state index in [9.17, 15) is 0 Å². The first-order valence-corrected chi connectivity index (χ1v) is 6.35. The Labute approximate surface area is 96.2 Å². The molecule has 3 nitrogen and oxygen atoms in total. The number of ether oxygens (including phenoxy) is 1. The number of hydrogen-bond donors (Lipinski definition) is 0. The van der Waals surface area contributed by atoms with E-state index in [0.29, 0.717) is 6.10 Å². The van der Waals surface area contributed by atoms with Crippen LogP contribution in [0.1, 0.15) is 12.8 Å². The van der Waals surface area contributed by atoms with Gasteiger partial charge in [-0.2, -0.15) is 0 Å². The number of thiazole rings is 1. The molecule has 0 radical (unpaired) electrons. The van der Waals surface area contributed by atoms with E-state index in [0.717, 1.165) is 22.8 Å². The summed E-state index contributed by atoms with van der Waals surface area (Å²) in [7, 11) is 1.78. The number of halogens is 1. The van der Waals surface area contributed by atoms with Gasteiger partial charge in [0.15, 0.2) is 5.13 Å². The Kier molecular flexibility index (Phi) is 3.41. The van der Waals surface area contributed by atoms with Crippen LogP contribution in [0.3, 0.4) is 0 Å². The van der Waals surface area contributed by atoms with Gasteiger partial charge in [-0.15, -0.1) is 11.3 Å². The van der Waals surface area contributed by atoms with Gasteiger partial charge in [0, 0.05) is 25.6 Å². The van der Waals surface area contributed by atoms with Crippen molar-refractivity contribution >= 4 is 32.4 Å². The number of nitrogens with zero attached hydrogens (tertiary/aromatic N) is 2. The summed E-state index contributed by atoms with van der Waals surface area (Å²) in [6.45, 7) is 2.07. The van der Waals surface area contributed by atoms with E-state index in [1.807, 2.05) is 5.38 Å². The maximum Gasteiger partial charge on any atom is 0.186 e. The molecule has 5 heteroatoms. The molecule has 0 aliphatic carbocycles. The molecule has 78 valence electrons. The molecule has 0 bridgehead atoms. The number of piperidine rings is 1. The highest BCUT2D eigenvalue weighted by Gasteiger charge is 2.21. The molecule has 2 rings (SSSR count). The number of anilines is 1. The van der Waals surface area contributed by atoms with E-state index in [2.05, 4.69) is 25.8 Å². The third-order valence-corrected chi connectivity index (χ3v) is 4.06. The van der Waals surface area contributed by atoms with Crippen molar-refractivity contribution in [3.8, 4) is 0 Å². The molecule has 1 fully saturated rings. The molecule has 0 aromatic carbocycles. The zero-order chi connectivity index (χ0) is 9.97. The molecule has 1 aromatic heterocycles. The molecule has 1 aliphatic rings. The monoisotopic (exact) mass is 276 g/mol. The van der Waals surface area contributed by atoms with Gasteiger partial charge in [-0.3, -0.25) is 0 Å². The van der Waals surface area contributed by atoms with E-state index in [-0.39, 0.29) is 0 Å². The second-order valence-corrected chi connectivity index (χ2v) is 5.05. The lowest BCUT2D eigenvalue weighted by molar-refractivity contribution is 0.0893. The van der Waals surface area contributed by atoms with E-state index in [1.165, 1.54) is 12.8 Å². The minimum absolute atomic E-state index is 0.367. The van der Waals surface area contributed by atoms with Crippen LogP contribution in [0.25, 0.3) is 0 Å². The van der Waals surface area contributed by atoms with Crippen molar-refractivity contribution < 1.29 is 4.74 Å². The maximum atomic E-state index is 5.37. The number of aromatic nitrogens is 1. The molecule has 14 heavy (non-hydrogen) atoms. The first kappa shape index (κ1) is 10.4. The second-order valence-electron chi connectivity index (χ2n) is 3.40. The molecular weight excluding hydrogens is 264 g/mol. The van der Waals surface area contributed by atoms with Crippen LogP contribution < -0.4 is 4.90 Å². The molecule has 0 spiro atoms. The van der Waals surface area contributed by atoms with Gasteiger partial charge >= 0.3 is 0 Å². The van der Waals surface area contributed by atoms with Crippen LogP contribution in [-0.2, 0) is 4.74 Å². The lowest BCUT2D eigenvalue weighted by atomic mass is 10.1. The highest BCUT2D eigenvalue weighted by atomic mass is 79.9. The number of hydrogen-bond acceptors (Lipinski definition) is 4. The topological polar surface area (TPSA) is 25.4 Å². The fourth-order valence-electron chi connectivity index (χ4n) is 1.69. The van der Waals surface area contributed by atoms with Crippen molar-refractivity contribution in [1.82, 2.24) is 4.98 Å². The summed E-state index contributed by atoms with van der Waals surface area (Å²) < 4.78 is 6.30. The van der Waals surface area contributed by atoms with Gasteiger partial charge in [0.1, 0.15) is 4.60 Å². The van der Waals surface area contributed by atoms with Crippen LogP contribution in [0.2, 0.25) is 0 Å². The lowest BCUT2D eigenvalue weighted by Crippen LogP contribution is -2.39. The Morgan fingerprint density at radius 2 is 2.57 bits per heavy atom. The highest BCUT2D eigenvalue weighted by molar-refractivity contribution is 9.10.